The molecule has 2 aromatic carbocycles. The molecule has 1 aliphatic carbocycles. The van der Waals surface area contributed by atoms with E-state index in [9.17, 15) is 19.8 Å². The molecular formula is C29H34N2O5S. The van der Waals surface area contributed by atoms with Crippen LogP contribution in [-0.2, 0) is 16.0 Å². The van der Waals surface area contributed by atoms with Crippen molar-refractivity contribution in [1.82, 2.24) is 5.32 Å². The van der Waals surface area contributed by atoms with E-state index in [0.717, 1.165) is 39.9 Å². The lowest BCUT2D eigenvalue weighted by Gasteiger charge is -2.42. The summed E-state index contributed by atoms with van der Waals surface area (Å²) < 4.78 is 6.05. The van der Waals surface area contributed by atoms with Gasteiger partial charge in [0.25, 0.3) is 5.24 Å². The third-order valence-corrected chi connectivity index (χ3v) is 7.96. The highest BCUT2D eigenvalue weighted by molar-refractivity contribution is 8.15. The van der Waals surface area contributed by atoms with Crippen LogP contribution in [0, 0.1) is 11.3 Å². The van der Waals surface area contributed by atoms with Crippen LogP contribution in [0.1, 0.15) is 31.9 Å². The Morgan fingerprint density at radius 3 is 2.43 bits per heavy atom. The topological polar surface area (TPSA) is 108 Å². The standard InChI is InChI=1S/C29H34N2O5S/c1-18-13-24(36-17-22(33)16-32)23(29(2,3)26(18)20-7-5-4-6-8-20)15-30-21-11-9-19(10-12-21)14-25-27(34)31-28(35)37-25/h4-13,22-23,25,30,32-33H,14-17H2,1-3H3,(H,31,34,35)/t22-,23?,25?/m1/s1. The van der Waals surface area contributed by atoms with E-state index >= 15 is 0 Å². The van der Waals surface area contributed by atoms with E-state index in [4.69, 9.17) is 4.74 Å². The molecule has 1 aliphatic heterocycles. The number of ether oxygens (including phenoxy) is 1. The van der Waals surface area contributed by atoms with E-state index in [1.165, 1.54) is 5.57 Å². The lowest BCUT2D eigenvalue weighted by atomic mass is 9.65. The second-order valence-electron chi connectivity index (χ2n) is 10.1. The Balaban J connectivity index is 1.51. The van der Waals surface area contributed by atoms with Gasteiger partial charge in [0.05, 0.1) is 11.9 Å². The number of carbonyl (C=O) groups is 2. The van der Waals surface area contributed by atoms with Crippen LogP contribution in [0.5, 0.6) is 0 Å². The Bertz CT molecular complexity index is 1190. The average molecular weight is 523 g/mol. The zero-order chi connectivity index (χ0) is 26.6. The van der Waals surface area contributed by atoms with Crippen LogP contribution < -0.4 is 10.6 Å². The number of anilines is 1. The van der Waals surface area contributed by atoms with Gasteiger partial charge in [-0.15, -0.1) is 0 Å². The van der Waals surface area contributed by atoms with Crippen LogP contribution in [0.25, 0.3) is 5.57 Å². The SMILES string of the molecule is CC1=C(c2ccccc2)C(C)(C)C(CNc2ccc(CC3SC(=O)NC3=O)cc2)C(OC[C@H](O)CO)=C1. The number of carbonyl (C=O) groups excluding carboxylic acids is 2. The number of rotatable bonds is 10. The first-order valence-corrected chi connectivity index (χ1v) is 13.3. The number of aliphatic hydroxyl groups excluding tert-OH is 2. The molecule has 2 unspecified atom stereocenters. The van der Waals surface area contributed by atoms with E-state index in [0.29, 0.717) is 13.0 Å². The van der Waals surface area contributed by atoms with Crippen LogP contribution in [0.3, 0.4) is 0 Å². The molecule has 2 amide bonds. The smallest absolute Gasteiger partial charge is 0.286 e. The highest BCUT2D eigenvalue weighted by Crippen LogP contribution is 2.49. The first kappa shape index (κ1) is 27.0. The summed E-state index contributed by atoms with van der Waals surface area (Å²) in [7, 11) is 0. The fraction of sp³-hybridized carbons (Fsp3) is 0.379. The summed E-state index contributed by atoms with van der Waals surface area (Å²) >= 11 is 1.04. The molecule has 8 heteroatoms. The van der Waals surface area contributed by atoms with Gasteiger partial charge >= 0.3 is 0 Å². The van der Waals surface area contributed by atoms with E-state index in [1.54, 1.807) is 0 Å². The molecule has 0 saturated carbocycles. The maximum absolute atomic E-state index is 11.9. The number of hydrogen-bond acceptors (Lipinski definition) is 7. The second kappa shape index (κ2) is 11.5. The number of aliphatic hydroxyl groups is 2. The molecule has 1 saturated heterocycles. The van der Waals surface area contributed by atoms with Crippen molar-refractivity contribution in [3.05, 3.63) is 83.1 Å². The van der Waals surface area contributed by atoms with Crippen LogP contribution in [0.15, 0.2) is 72.0 Å². The minimum atomic E-state index is -0.944. The van der Waals surface area contributed by atoms with Crippen molar-refractivity contribution in [1.29, 1.82) is 0 Å². The number of allylic oxidation sites excluding steroid dienone is 3. The van der Waals surface area contributed by atoms with Crippen LogP contribution >= 0.6 is 11.8 Å². The molecular weight excluding hydrogens is 488 g/mol. The number of amides is 2. The molecule has 4 rings (SSSR count). The number of hydrogen-bond donors (Lipinski definition) is 4. The van der Waals surface area contributed by atoms with E-state index < -0.39 is 6.10 Å². The number of nitrogens with one attached hydrogen (secondary N) is 2. The molecule has 7 nitrogen and oxygen atoms in total. The molecule has 0 bridgehead atoms. The minimum absolute atomic E-state index is 0.0207. The average Bonchev–Trinajstić information content (AvgIpc) is 3.19. The molecule has 2 aromatic rings. The molecule has 2 aliphatic rings. The molecule has 0 spiro atoms. The highest BCUT2D eigenvalue weighted by Gasteiger charge is 2.41. The first-order chi connectivity index (χ1) is 17.7. The summed E-state index contributed by atoms with van der Waals surface area (Å²) in [5.74, 6) is 0.495. The number of benzene rings is 2. The van der Waals surface area contributed by atoms with Gasteiger partial charge in [0, 0.05) is 23.6 Å². The van der Waals surface area contributed by atoms with Crippen molar-refractivity contribution in [2.45, 2.75) is 38.5 Å². The molecule has 0 aromatic heterocycles. The van der Waals surface area contributed by atoms with Crippen molar-refractivity contribution >= 4 is 34.2 Å². The summed E-state index contributed by atoms with van der Waals surface area (Å²) in [4.78, 5) is 23.3. The number of imide groups is 1. The minimum Gasteiger partial charge on any atom is -0.495 e. The second-order valence-corrected chi connectivity index (χ2v) is 11.2. The lowest BCUT2D eigenvalue weighted by Crippen LogP contribution is -2.37. The molecule has 0 radical (unpaired) electrons. The third-order valence-electron chi connectivity index (χ3n) is 6.98. The Kier molecular flexibility index (Phi) is 8.42. The van der Waals surface area contributed by atoms with Gasteiger partial charge in [-0.3, -0.25) is 14.9 Å². The fourth-order valence-corrected chi connectivity index (χ4v) is 5.95. The van der Waals surface area contributed by atoms with Gasteiger partial charge < -0.3 is 20.3 Å². The van der Waals surface area contributed by atoms with Gasteiger partial charge in [-0.2, -0.15) is 0 Å². The molecule has 1 heterocycles. The Morgan fingerprint density at radius 2 is 1.81 bits per heavy atom. The monoisotopic (exact) mass is 522 g/mol. The van der Waals surface area contributed by atoms with Crippen molar-refractivity contribution in [2.24, 2.45) is 11.3 Å². The van der Waals surface area contributed by atoms with Gasteiger partial charge in [-0.25, -0.2) is 0 Å². The lowest BCUT2D eigenvalue weighted by molar-refractivity contribution is -0.118. The summed E-state index contributed by atoms with van der Waals surface area (Å²) in [6, 6.07) is 18.2. The number of thioether (sulfide) groups is 1. The van der Waals surface area contributed by atoms with Crippen molar-refractivity contribution in [3.8, 4) is 0 Å². The normalized spacial score (nSPS) is 21.9. The van der Waals surface area contributed by atoms with Crippen molar-refractivity contribution in [3.63, 3.8) is 0 Å². The zero-order valence-corrected chi connectivity index (χ0v) is 22.2. The van der Waals surface area contributed by atoms with Crippen molar-refractivity contribution in [2.75, 3.05) is 25.1 Å². The summed E-state index contributed by atoms with van der Waals surface area (Å²) in [6.45, 7) is 6.75. The van der Waals surface area contributed by atoms with Gasteiger partial charge in [-0.05, 0) is 53.8 Å². The van der Waals surface area contributed by atoms with E-state index in [-0.39, 0.29) is 40.9 Å². The van der Waals surface area contributed by atoms with Gasteiger partial charge in [0.15, 0.2) is 0 Å². The highest BCUT2D eigenvalue weighted by atomic mass is 32.2. The zero-order valence-electron chi connectivity index (χ0n) is 21.4. The van der Waals surface area contributed by atoms with Gasteiger partial charge in [0.2, 0.25) is 5.91 Å². The summed E-state index contributed by atoms with van der Waals surface area (Å²) in [5.41, 5.74) is 5.15. The van der Waals surface area contributed by atoms with Crippen LogP contribution in [-0.4, -0.2) is 52.5 Å². The quantitative estimate of drug-likeness (QED) is 0.367. The summed E-state index contributed by atoms with van der Waals surface area (Å²) in [5, 5.41) is 24.3. The molecule has 3 atom stereocenters. The van der Waals surface area contributed by atoms with Crippen LogP contribution in [0.2, 0.25) is 0 Å². The van der Waals surface area contributed by atoms with Gasteiger partial charge in [-0.1, -0.05) is 68.1 Å². The molecule has 37 heavy (non-hydrogen) atoms. The summed E-state index contributed by atoms with van der Waals surface area (Å²) in [6.07, 6.45) is 1.59. The van der Waals surface area contributed by atoms with E-state index in [2.05, 4.69) is 43.5 Å². The maximum atomic E-state index is 11.9. The Hall–Kier alpha value is -3.07. The third kappa shape index (κ3) is 6.26. The van der Waals surface area contributed by atoms with Crippen molar-refractivity contribution < 1.29 is 24.5 Å². The largest absolute Gasteiger partial charge is 0.495 e. The van der Waals surface area contributed by atoms with Crippen LogP contribution in [0.4, 0.5) is 10.5 Å². The predicted octanol–water partition coefficient (Wildman–Crippen LogP) is 4.38. The maximum Gasteiger partial charge on any atom is 0.286 e. The fourth-order valence-electron chi connectivity index (χ4n) is 5.09. The molecule has 4 N–H and O–H groups in total. The Labute approximate surface area is 222 Å². The first-order valence-electron chi connectivity index (χ1n) is 12.4. The molecule has 196 valence electrons. The van der Waals surface area contributed by atoms with Gasteiger partial charge in [0.1, 0.15) is 18.5 Å². The predicted molar refractivity (Wildman–Crippen MR) is 147 cm³/mol. The van der Waals surface area contributed by atoms with E-state index in [1.807, 2.05) is 48.5 Å². The Morgan fingerprint density at radius 1 is 1.11 bits per heavy atom. The molecule has 1 fully saturated rings.